The molecule has 22 rings (SSSR count). The monoisotopic (exact) mass is 1330 g/mol. The summed E-state index contributed by atoms with van der Waals surface area (Å²) >= 11 is 3.75. The number of hydrogen-bond acceptors (Lipinski definition) is 2. The Morgan fingerprint density at radius 1 is 0.157 bits per heavy atom. The topological polar surface area (TPSA) is 19.7 Å². The van der Waals surface area contributed by atoms with Gasteiger partial charge >= 0.3 is 0 Å². The van der Waals surface area contributed by atoms with Gasteiger partial charge in [-0.25, -0.2) is 0 Å². The van der Waals surface area contributed by atoms with Crippen LogP contribution < -0.4 is 0 Å². The summed E-state index contributed by atoms with van der Waals surface area (Å²) in [6.45, 7) is 0. The molecule has 0 aliphatic carbocycles. The number of fused-ring (bicyclic) bond motifs is 18. The van der Waals surface area contributed by atoms with Gasteiger partial charge in [-0.2, -0.15) is 0 Å². The minimum absolute atomic E-state index is 1.16. The van der Waals surface area contributed by atoms with Gasteiger partial charge in [0.05, 0.1) is 44.1 Å². The van der Waals surface area contributed by atoms with Crippen molar-refractivity contribution in [3.05, 3.63) is 364 Å². The molecule has 0 aliphatic rings. The Morgan fingerprint density at radius 2 is 0.451 bits per heavy atom. The van der Waals surface area contributed by atoms with Gasteiger partial charge in [0.15, 0.2) is 0 Å². The lowest BCUT2D eigenvalue weighted by molar-refractivity contribution is 1.18. The first-order valence-corrected chi connectivity index (χ1v) is 36.5. The molecule has 4 nitrogen and oxygen atoms in total. The molecule has 0 saturated carbocycles. The number of rotatable bonds is 8. The standard InChI is InChI=1S/2C48H30N2S/c1-2-11-34(12-3-1)49-43-18-7-4-13-37(43)41-29-32(23-27-45(41)49)33-24-28-46-42(30-33)38-14-5-8-19-44(38)50(46)35-25-21-31(22-26-35)36-16-10-17-40-39-15-6-9-20-47(39)51-48(36)40;1-2-10-35(11-3-1)49-43-15-7-4-12-37(43)41-28-32(21-26-45(41)49)33-22-27-46-42(29-33)38-13-5-8-16-44(38)50(46)36-23-18-31(19-24-36)34-20-25-40-39-14-6-9-17-47(39)51-48(40)30-34/h2*1-30H. The molecule has 0 atom stereocenters. The van der Waals surface area contributed by atoms with Crippen LogP contribution in [0.5, 0.6) is 0 Å². The molecule has 6 heterocycles. The van der Waals surface area contributed by atoms with Crippen LogP contribution in [0.3, 0.4) is 0 Å². The summed E-state index contributed by atoms with van der Waals surface area (Å²) in [4.78, 5) is 0. The van der Waals surface area contributed by atoms with Gasteiger partial charge in [0.2, 0.25) is 0 Å². The number of hydrogen-bond donors (Lipinski definition) is 0. The maximum atomic E-state index is 2.41. The molecule has 476 valence electrons. The molecular formula is C96H60N4S2. The van der Waals surface area contributed by atoms with Crippen LogP contribution in [0.25, 0.3) is 195 Å². The minimum Gasteiger partial charge on any atom is -0.309 e. The largest absolute Gasteiger partial charge is 0.309 e. The highest BCUT2D eigenvalue weighted by atomic mass is 32.1. The summed E-state index contributed by atoms with van der Waals surface area (Å²) in [6, 6.07) is 133. The average molecular weight is 1330 g/mol. The van der Waals surface area contributed by atoms with E-state index in [1.54, 1.807) is 0 Å². The Labute approximate surface area is 595 Å². The molecule has 0 fully saturated rings. The zero-order valence-electron chi connectivity index (χ0n) is 55.2. The number of para-hydroxylation sites is 6. The van der Waals surface area contributed by atoms with Gasteiger partial charge in [0.1, 0.15) is 0 Å². The molecule has 0 spiro atoms. The molecule has 0 bridgehead atoms. The van der Waals surface area contributed by atoms with Crippen molar-refractivity contribution in [2.75, 3.05) is 0 Å². The van der Waals surface area contributed by atoms with Gasteiger partial charge in [0, 0.05) is 106 Å². The third-order valence-corrected chi connectivity index (χ3v) is 23.4. The van der Waals surface area contributed by atoms with Crippen molar-refractivity contribution in [1.29, 1.82) is 0 Å². The van der Waals surface area contributed by atoms with Crippen LogP contribution in [0.2, 0.25) is 0 Å². The van der Waals surface area contributed by atoms with Crippen molar-refractivity contribution in [2.24, 2.45) is 0 Å². The second-order valence-electron chi connectivity index (χ2n) is 26.7. The second kappa shape index (κ2) is 23.4. The fourth-order valence-electron chi connectivity index (χ4n) is 16.3. The van der Waals surface area contributed by atoms with Crippen LogP contribution in [-0.4, -0.2) is 18.3 Å². The predicted octanol–water partition coefficient (Wildman–Crippen LogP) is 27.2. The van der Waals surface area contributed by atoms with Gasteiger partial charge < -0.3 is 18.3 Å². The SMILES string of the molecule is c1ccc(-n2c3ccccc3c3cc(-c4ccc5c(c4)c4ccccc4n5-c4ccc(-c5ccc6c(c5)sc5ccccc56)cc4)ccc32)cc1.c1ccc(-n2c3ccccc3c3cc(-c4ccc5c(c4)c4ccccc4n5-c4ccc(-c5cccc6c5sc5ccccc56)cc4)ccc32)cc1. The summed E-state index contributed by atoms with van der Waals surface area (Å²) in [5.41, 5.74) is 24.3. The molecule has 6 heteroatoms. The first-order valence-electron chi connectivity index (χ1n) is 34.9. The molecule has 22 aromatic rings. The highest BCUT2D eigenvalue weighted by Gasteiger charge is 2.20. The number of thiophene rings is 2. The average Bonchev–Trinajstić information content (AvgIpc) is 1.59. The van der Waals surface area contributed by atoms with Crippen molar-refractivity contribution in [1.82, 2.24) is 18.3 Å². The van der Waals surface area contributed by atoms with E-state index in [1.807, 2.05) is 22.7 Å². The maximum Gasteiger partial charge on any atom is 0.0541 e. The molecule has 0 radical (unpaired) electrons. The van der Waals surface area contributed by atoms with Crippen LogP contribution in [0.4, 0.5) is 0 Å². The Morgan fingerprint density at radius 3 is 0.882 bits per heavy atom. The first kappa shape index (κ1) is 58.2. The van der Waals surface area contributed by atoms with E-state index in [0.717, 1.165) is 11.4 Å². The Hall–Kier alpha value is -12.8. The van der Waals surface area contributed by atoms with Crippen molar-refractivity contribution in [3.8, 4) is 67.3 Å². The smallest absolute Gasteiger partial charge is 0.0541 e. The van der Waals surface area contributed by atoms with Crippen LogP contribution in [0.1, 0.15) is 0 Å². The molecule has 0 unspecified atom stereocenters. The second-order valence-corrected chi connectivity index (χ2v) is 28.8. The molecule has 0 amide bonds. The van der Waals surface area contributed by atoms with E-state index in [2.05, 4.69) is 382 Å². The van der Waals surface area contributed by atoms with Crippen molar-refractivity contribution in [2.45, 2.75) is 0 Å². The van der Waals surface area contributed by atoms with E-state index >= 15 is 0 Å². The quantitative estimate of drug-likeness (QED) is 0.144. The normalized spacial score (nSPS) is 11.9. The number of aromatic nitrogens is 4. The summed E-state index contributed by atoms with van der Waals surface area (Å²) in [5.74, 6) is 0. The van der Waals surface area contributed by atoms with Crippen LogP contribution >= 0.6 is 22.7 Å². The lowest BCUT2D eigenvalue weighted by atomic mass is 10.0. The lowest BCUT2D eigenvalue weighted by Gasteiger charge is -2.11. The molecule has 0 N–H and O–H groups in total. The fraction of sp³-hybridized carbons (Fsp3) is 0. The molecule has 0 saturated heterocycles. The third-order valence-electron chi connectivity index (χ3n) is 21.1. The first-order chi connectivity index (χ1) is 50.6. The summed E-state index contributed by atoms with van der Waals surface area (Å²) in [6.07, 6.45) is 0. The van der Waals surface area contributed by atoms with Crippen molar-refractivity contribution >= 4 is 150 Å². The van der Waals surface area contributed by atoms with E-state index in [9.17, 15) is 0 Å². The van der Waals surface area contributed by atoms with Gasteiger partial charge in [-0.1, -0.05) is 224 Å². The van der Waals surface area contributed by atoms with Gasteiger partial charge in [-0.05, 0) is 184 Å². The van der Waals surface area contributed by atoms with Crippen LogP contribution in [-0.2, 0) is 0 Å². The zero-order chi connectivity index (χ0) is 66.9. The number of benzene rings is 16. The fourth-order valence-corrected chi connectivity index (χ4v) is 18.7. The highest BCUT2D eigenvalue weighted by molar-refractivity contribution is 7.26. The van der Waals surface area contributed by atoms with E-state index in [0.29, 0.717) is 0 Å². The van der Waals surface area contributed by atoms with Crippen LogP contribution in [0.15, 0.2) is 364 Å². The summed E-state index contributed by atoms with van der Waals surface area (Å²) in [5, 5.41) is 15.4. The molecule has 16 aromatic carbocycles. The van der Waals surface area contributed by atoms with Gasteiger partial charge in [0.25, 0.3) is 0 Å². The highest BCUT2D eigenvalue weighted by Crippen LogP contribution is 2.45. The Balaban J connectivity index is 0.000000133. The van der Waals surface area contributed by atoms with Crippen molar-refractivity contribution in [3.63, 3.8) is 0 Å². The van der Waals surface area contributed by atoms with E-state index in [-0.39, 0.29) is 0 Å². The third kappa shape index (κ3) is 9.27. The van der Waals surface area contributed by atoms with Crippen LogP contribution in [0, 0.1) is 0 Å². The van der Waals surface area contributed by atoms with Gasteiger partial charge in [-0.3, -0.25) is 0 Å². The maximum absolute atomic E-state index is 2.41. The number of nitrogens with zero attached hydrogens (tertiary/aromatic N) is 4. The predicted molar refractivity (Wildman–Crippen MR) is 438 cm³/mol. The van der Waals surface area contributed by atoms with Crippen molar-refractivity contribution < 1.29 is 0 Å². The zero-order valence-corrected chi connectivity index (χ0v) is 56.9. The van der Waals surface area contributed by atoms with E-state index in [1.165, 1.54) is 183 Å². The molecule has 0 aliphatic heterocycles. The lowest BCUT2D eigenvalue weighted by Crippen LogP contribution is -1.94. The van der Waals surface area contributed by atoms with Gasteiger partial charge in [-0.15, -0.1) is 22.7 Å². The summed E-state index contributed by atoms with van der Waals surface area (Å²) < 4.78 is 14.9. The van der Waals surface area contributed by atoms with E-state index in [4.69, 9.17) is 0 Å². The molecule has 6 aromatic heterocycles. The minimum atomic E-state index is 1.16. The Kier molecular flexibility index (Phi) is 13.3. The van der Waals surface area contributed by atoms with E-state index < -0.39 is 0 Å². The molecule has 102 heavy (non-hydrogen) atoms. The molecular weight excluding hydrogens is 1270 g/mol. The Bertz CT molecular complexity index is 7100. The summed E-state index contributed by atoms with van der Waals surface area (Å²) in [7, 11) is 0.